The molecule has 0 atom stereocenters. The third-order valence-electron chi connectivity index (χ3n) is 3.43. The largest absolute Gasteiger partial charge is 0.507 e. The summed E-state index contributed by atoms with van der Waals surface area (Å²) in [5.74, 6) is -1.96. The van der Waals surface area contributed by atoms with E-state index in [2.05, 4.69) is 4.72 Å². The number of aromatic carboxylic acids is 1. The summed E-state index contributed by atoms with van der Waals surface area (Å²) in [4.78, 5) is 10.6. The third kappa shape index (κ3) is 3.72. The predicted molar refractivity (Wildman–Crippen MR) is 75.8 cm³/mol. The Kier molecular flexibility index (Phi) is 4.38. The van der Waals surface area contributed by atoms with E-state index in [4.69, 9.17) is 5.11 Å². The number of aliphatic hydroxyl groups is 1. The van der Waals surface area contributed by atoms with Crippen LogP contribution in [-0.4, -0.2) is 40.8 Å². The van der Waals surface area contributed by atoms with Gasteiger partial charge in [0.2, 0.25) is 10.0 Å². The lowest BCUT2D eigenvalue weighted by atomic mass is 9.87. The molecule has 1 rings (SSSR count). The van der Waals surface area contributed by atoms with Crippen molar-refractivity contribution >= 4 is 16.0 Å². The van der Waals surface area contributed by atoms with Crippen LogP contribution in [0.1, 0.15) is 38.1 Å². The van der Waals surface area contributed by atoms with Gasteiger partial charge >= 0.3 is 5.97 Å². The van der Waals surface area contributed by atoms with E-state index in [1.54, 1.807) is 0 Å². The molecule has 0 radical (unpaired) electrons. The van der Waals surface area contributed by atoms with Gasteiger partial charge in [-0.25, -0.2) is 17.9 Å². The topological polar surface area (TPSA) is 124 Å². The highest BCUT2D eigenvalue weighted by molar-refractivity contribution is 7.89. The van der Waals surface area contributed by atoms with E-state index in [0.29, 0.717) is 0 Å². The van der Waals surface area contributed by atoms with E-state index in [1.165, 1.54) is 27.7 Å². The summed E-state index contributed by atoms with van der Waals surface area (Å²) in [6.45, 7) is 5.91. The van der Waals surface area contributed by atoms with E-state index < -0.39 is 38.4 Å². The fourth-order valence-electron chi connectivity index (χ4n) is 1.37. The van der Waals surface area contributed by atoms with Gasteiger partial charge in [0.1, 0.15) is 11.3 Å². The van der Waals surface area contributed by atoms with Gasteiger partial charge in [-0.3, -0.25) is 0 Å². The first-order valence-electron chi connectivity index (χ1n) is 6.10. The molecule has 0 aromatic heterocycles. The van der Waals surface area contributed by atoms with E-state index in [9.17, 15) is 23.4 Å². The van der Waals surface area contributed by atoms with E-state index in [1.807, 2.05) is 0 Å². The quantitative estimate of drug-likeness (QED) is 0.640. The summed E-state index contributed by atoms with van der Waals surface area (Å²) in [6.07, 6.45) is 0. The van der Waals surface area contributed by atoms with Gasteiger partial charge < -0.3 is 15.3 Å². The van der Waals surface area contributed by atoms with Crippen LogP contribution in [0.3, 0.4) is 0 Å². The Morgan fingerprint density at radius 3 is 2.14 bits per heavy atom. The molecule has 8 heteroatoms. The Hall–Kier alpha value is -1.64. The summed E-state index contributed by atoms with van der Waals surface area (Å²) in [5, 5.41) is 28.3. The molecule has 0 saturated heterocycles. The molecule has 0 aliphatic carbocycles. The lowest BCUT2D eigenvalue weighted by Gasteiger charge is -2.37. The summed E-state index contributed by atoms with van der Waals surface area (Å²) < 4.78 is 26.9. The molecule has 0 unspecified atom stereocenters. The van der Waals surface area contributed by atoms with Gasteiger partial charge in [-0.15, -0.1) is 0 Å². The molecule has 0 aliphatic heterocycles. The van der Waals surface area contributed by atoms with Crippen molar-refractivity contribution < 1.29 is 28.5 Å². The monoisotopic (exact) mass is 317 g/mol. The Bertz CT molecular complexity index is 658. The molecule has 21 heavy (non-hydrogen) atoms. The Labute approximate surface area is 123 Å². The first kappa shape index (κ1) is 17.4. The van der Waals surface area contributed by atoms with Crippen LogP contribution in [0.25, 0.3) is 0 Å². The van der Waals surface area contributed by atoms with Gasteiger partial charge in [0.05, 0.1) is 16.0 Å². The molecule has 0 aliphatic rings. The van der Waals surface area contributed by atoms with Crippen LogP contribution in [0.15, 0.2) is 23.1 Å². The second-order valence-electron chi connectivity index (χ2n) is 5.77. The smallest absolute Gasteiger partial charge is 0.339 e. The van der Waals surface area contributed by atoms with Crippen molar-refractivity contribution in [2.45, 2.75) is 43.7 Å². The zero-order valence-corrected chi connectivity index (χ0v) is 13.0. The second kappa shape index (κ2) is 5.28. The average molecular weight is 317 g/mol. The highest BCUT2D eigenvalue weighted by Gasteiger charge is 2.39. The number of phenols is 1. The molecule has 0 bridgehead atoms. The summed E-state index contributed by atoms with van der Waals surface area (Å²) >= 11 is 0. The zero-order chi connectivity index (χ0) is 16.6. The molecule has 0 saturated carbocycles. The lowest BCUT2D eigenvalue weighted by Crippen LogP contribution is -2.57. The molecule has 0 heterocycles. The van der Waals surface area contributed by atoms with Crippen LogP contribution in [0.2, 0.25) is 0 Å². The molecule has 0 fully saturated rings. The summed E-state index contributed by atoms with van der Waals surface area (Å²) in [7, 11) is -4.06. The minimum Gasteiger partial charge on any atom is -0.507 e. The van der Waals surface area contributed by atoms with Crippen LogP contribution in [0, 0.1) is 0 Å². The highest BCUT2D eigenvalue weighted by Crippen LogP contribution is 2.26. The molecule has 118 valence electrons. The third-order valence-corrected chi connectivity index (χ3v) is 5.08. The van der Waals surface area contributed by atoms with Crippen molar-refractivity contribution in [3.8, 4) is 5.75 Å². The van der Waals surface area contributed by atoms with Crippen molar-refractivity contribution in [1.82, 2.24) is 4.72 Å². The van der Waals surface area contributed by atoms with Gasteiger partial charge in [-0.05, 0) is 45.9 Å². The number of aromatic hydroxyl groups is 1. The minimum atomic E-state index is -4.06. The van der Waals surface area contributed by atoms with Gasteiger partial charge in [0.25, 0.3) is 0 Å². The predicted octanol–water partition coefficient (Wildman–Crippen LogP) is 0.918. The first-order chi connectivity index (χ1) is 9.28. The SMILES string of the molecule is CC(C)(O)C(C)(C)NS(=O)(=O)c1ccc(O)c(C(=O)O)c1. The number of hydrogen-bond acceptors (Lipinski definition) is 5. The van der Waals surface area contributed by atoms with Crippen molar-refractivity contribution in [1.29, 1.82) is 0 Å². The maximum absolute atomic E-state index is 12.3. The molecule has 1 aromatic rings. The standard InChI is InChI=1S/C13H19NO6S/c1-12(2,13(3,4)18)14-21(19,20)8-5-6-10(15)9(7-8)11(16)17/h5-7,14-15,18H,1-4H3,(H,16,17). The van der Waals surface area contributed by atoms with Gasteiger partial charge in [0.15, 0.2) is 0 Å². The zero-order valence-electron chi connectivity index (χ0n) is 12.2. The van der Waals surface area contributed by atoms with Crippen molar-refractivity contribution in [2.24, 2.45) is 0 Å². The summed E-state index contributed by atoms with van der Waals surface area (Å²) in [5.41, 5.74) is -3.04. The van der Waals surface area contributed by atoms with Crippen LogP contribution < -0.4 is 4.72 Å². The average Bonchev–Trinajstić information content (AvgIpc) is 2.25. The number of sulfonamides is 1. The fraction of sp³-hybridized carbons (Fsp3) is 0.462. The Morgan fingerprint density at radius 1 is 1.19 bits per heavy atom. The van der Waals surface area contributed by atoms with E-state index in [-0.39, 0.29) is 4.90 Å². The normalized spacial score (nSPS) is 13.2. The number of carbonyl (C=O) groups is 1. The number of carboxylic acids is 1. The van der Waals surface area contributed by atoms with Crippen molar-refractivity contribution in [3.05, 3.63) is 23.8 Å². The summed E-state index contributed by atoms with van der Waals surface area (Å²) in [6, 6.07) is 2.94. The van der Waals surface area contributed by atoms with Crippen LogP contribution in [0.5, 0.6) is 5.75 Å². The molecule has 7 nitrogen and oxygen atoms in total. The molecule has 1 aromatic carbocycles. The van der Waals surface area contributed by atoms with Crippen LogP contribution >= 0.6 is 0 Å². The number of hydrogen-bond donors (Lipinski definition) is 4. The van der Waals surface area contributed by atoms with Crippen molar-refractivity contribution in [3.63, 3.8) is 0 Å². The Balaban J connectivity index is 3.27. The van der Waals surface area contributed by atoms with Gasteiger partial charge in [0, 0.05) is 0 Å². The highest BCUT2D eigenvalue weighted by atomic mass is 32.2. The second-order valence-corrected chi connectivity index (χ2v) is 7.46. The van der Waals surface area contributed by atoms with E-state index in [0.717, 1.165) is 18.2 Å². The van der Waals surface area contributed by atoms with Crippen LogP contribution in [-0.2, 0) is 10.0 Å². The molecule has 0 spiro atoms. The number of nitrogens with one attached hydrogen (secondary N) is 1. The number of benzene rings is 1. The van der Waals surface area contributed by atoms with E-state index >= 15 is 0 Å². The maximum atomic E-state index is 12.3. The fourth-order valence-corrected chi connectivity index (χ4v) is 2.93. The first-order valence-corrected chi connectivity index (χ1v) is 7.59. The lowest BCUT2D eigenvalue weighted by molar-refractivity contribution is 0.00638. The molecular weight excluding hydrogens is 298 g/mol. The number of rotatable bonds is 5. The number of carboxylic acid groups (broad SMARTS) is 1. The maximum Gasteiger partial charge on any atom is 0.339 e. The van der Waals surface area contributed by atoms with Gasteiger partial charge in [-0.2, -0.15) is 0 Å². The molecular formula is C13H19NO6S. The molecule has 4 N–H and O–H groups in total. The van der Waals surface area contributed by atoms with Gasteiger partial charge in [-0.1, -0.05) is 0 Å². The molecule has 0 amide bonds. The Morgan fingerprint density at radius 2 is 1.71 bits per heavy atom. The van der Waals surface area contributed by atoms with Crippen molar-refractivity contribution in [2.75, 3.05) is 0 Å². The minimum absolute atomic E-state index is 0.310. The van der Waals surface area contributed by atoms with Crippen LogP contribution in [0.4, 0.5) is 0 Å².